The molecule has 2 N–H and O–H groups in total. The highest BCUT2D eigenvalue weighted by molar-refractivity contribution is 6.30. The van der Waals surface area contributed by atoms with Gasteiger partial charge in [0.2, 0.25) is 5.91 Å². The largest absolute Gasteiger partial charge is 0.345 e. The molecular weight excluding hydrogens is 336 g/mol. The minimum atomic E-state index is -0.137. The molecule has 25 heavy (non-hydrogen) atoms. The average Bonchev–Trinajstić information content (AvgIpc) is 3.46. The average molecular weight is 357 g/mol. The first-order valence-electron chi connectivity index (χ1n) is 8.54. The van der Waals surface area contributed by atoms with Crippen LogP contribution in [0.25, 0.3) is 0 Å². The molecule has 1 saturated carbocycles. The molecule has 3 rings (SSSR count). The van der Waals surface area contributed by atoms with E-state index < -0.39 is 0 Å². The summed E-state index contributed by atoms with van der Waals surface area (Å²) in [6.45, 7) is 2.02. The Hall–Kier alpha value is -2.33. The van der Waals surface area contributed by atoms with E-state index in [1.807, 2.05) is 31.2 Å². The van der Waals surface area contributed by atoms with E-state index in [9.17, 15) is 9.59 Å². The normalized spacial score (nSPS) is 14.6. The van der Waals surface area contributed by atoms with Gasteiger partial charge in [0, 0.05) is 22.2 Å². The number of hydrogen-bond acceptors (Lipinski definition) is 2. The van der Waals surface area contributed by atoms with Gasteiger partial charge in [0.05, 0.1) is 6.04 Å². The van der Waals surface area contributed by atoms with Crippen molar-refractivity contribution < 1.29 is 9.59 Å². The molecule has 0 heterocycles. The van der Waals surface area contributed by atoms with Crippen LogP contribution in [0, 0.1) is 5.92 Å². The van der Waals surface area contributed by atoms with E-state index in [0.29, 0.717) is 10.6 Å². The van der Waals surface area contributed by atoms with Crippen LogP contribution in [0.5, 0.6) is 0 Å². The summed E-state index contributed by atoms with van der Waals surface area (Å²) in [5.74, 6) is 0.0838. The predicted molar refractivity (Wildman–Crippen MR) is 99.7 cm³/mol. The van der Waals surface area contributed by atoms with Crippen molar-refractivity contribution in [1.29, 1.82) is 0 Å². The van der Waals surface area contributed by atoms with Crippen LogP contribution in [0.4, 0.5) is 5.69 Å². The highest BCUT2D eigenvalue weighted by atomic mass is 35.5. The molecule has 0 spiro atoms. The lowest BCUT2D eigenvalue weighted by atomic mass is 10.0. The molecule has 0 saturated heterocycles. The van der Waals surface area contributed by atoms with Crippen LogP contribution in [0.15, 0.2) is 48.5 Å². The van der Waals surface area contributed by atoms with Crippen molar-refractivity contribution >= 4 is 29.1 Å². The molecule has 1 atom stereocenters. The third-order valence-corrected chi connectivity index (χ3v) is 4.60. The van der Waals surface area contributed by atoms with Crippen LogP contribution < -0.4 is 10.6 Å². The smallest absolute Gasteiger partial charge is 0.251 e. The summed E-state index contributed by atoms with van der Waals surface area (Å²) in [5.41, 5.74) is 2.31. The van der Waals surface area contributed by atoms with Crippen molar-refractivity contribution in [3.8, 4) is 0 Å². The van der Waals surface area contributed by atoms with Crippen LogP contribution in [0.2, 0.25) is 5.02 Å². The molecule has 1 aliphatic rings. The van der Waals surface area contributed by atoms with Gasteiger partial charge in [0.25, 0.3) is 5.91 Å². The standard InChI is InChI=1S/C20H21ClN2O2/c1-2-18(13-5-9-16(21)10-6-13)23-20(25)15-7-11-17(12-8-15)22-19(24)14-3-4-14/h5-12,14,18H,2-4H2,1H3,(H,22,24)(H,23,25)/t18-/m1/s1. The van der Waals surface area contributed by atoms with E-state index in [0.717, 1.165) is 30.5 Å². The summed E-state index contributed by atoms with van der Waals surface area (Å²) in [6.07, 6.45) is 2.72. The van der Waals surface area contributed by atoms with Gasteiger partial charge in [-0.25, -0.2) is 0 Å². The first kappa shape index (κ1) is 17.5. The van der Waals surface area contributed by atoms with Crippen molar-refractivity contribution in [2.24, 2.45) is 5.92 Å². The maximum absolute atomic E-state index is 12.5. The van der Waals surface area contributed by atoms with E-state index in [1.165, 1.54) is 0 Å². The third kappa shape index (κ3) is 4.60. The van der Waals surface area contributed by atoms with Crippen LogP contribution in [-0.2, 0) is 4.79 Å². The SMILES string of the molecule is CC[C@@H](NC(=O)c1ccc(NC(=O)C2CC2)cc1)c1ccc(Cl)cc1. The van der Waals surface area contributed by atoms with Crippen molar-refractivity contribution in [3.05, 3.63) is 64.7 Å². The molecule has 2 amide bonds. The fraction of sp³-hybridized carbons (Fsp3) is 0.300. The number of hydrogen-bond donors (Lipinski definition) is 2. The Kier molecular flexibility index (Phi) is 5.39. The summed E-state index contributed by atoms with van der Waals surface area (Å²) < 4.78 is 0. The Balaban J connectivity index is 1.63. The molecule has 130 valence electrons. The second-order valence-corrected chi connectivity index (χ2v) is 6.76. The summed E-state index contributed by atoms with van der Waals surface area (Å²) in [6, 6.07) is 14.4. The predicted octanol–water partition coefficient (Wildman–Crippen LogP) is 4.57. The number of carbonyl (C=O) groups is 2. The first-order chi connectivity index (χ1) is 12.1. The maximum Gasteiger partial charge on any atom is 0.251 e. The molecular formula is C20H21ClN2O2. The number of amides is 2. The maximum atomic E-state index is 12.5. The molecule has 0 bridgehead atoms. The number of nitrogens with one attached hydrogen (secondary N) is 2. The number of benzene rings is 2. The molecule has 0 aromatic heterocycles. The molecule has 1 aliphatic carbocycles. The van der Waals surface area contributed by atoms with Crippen LogP contribution >= 0.6 is 11.6 Å². The number of halogens is 1. The van der Waals surface area contributed by atoms with Crippen molar-refractivity contribution in [3.63, 3.8) is 0 Å². The first-order valence-corrected chi connectivity index (χ1v) is 8.92. The Morgan fingerprint density at radius 3 is 2.28 bits per heavy atom. The summed E-state index contributed by atoms with van der Waals surface area (Å²) in [5, 5.41) is 6.58. The zero-order valence-electron chi connectivity index (χ0n) is 14.1. The quantitative estimate of drug-likeness (QED) is 0.796. The van der Waals surface area contributed by atoms with Gasteiger partial charge >= 0.3 is 0 Å². The zero-order chi connectivity index (χ0) is 17.8. The van der Waals surface area contributed by atoms with Crippen molar-refractivity contribution in [2.45, 2.75) is 32.2 Å². The molecule has 0 aliphatic heterocycles. The molecule has 0 radical (unpaired) electrons. The lowest BCUT2D eigenvalue weighted by Gasteiger charge is -2.18. The molecule has 1 fully saturated rings. The van der Waals surface area contributed by atoms with Gasteiger partial charge in [-0.15, -0.1) is 0 Å². The van der Waals surface area contributed by atoms with Gasteiger partial charge in [-0.3, -0.25) is 9.59 Å². The molecule has 0 unspecified atom stereocenters. The van der Waals surface area contributed by atoms with Gasteiger partial charge in [0.1, 0.15) is 0 Å². The monoisotopic (exact) mass is 356 g/mol. The number of carbonyl (C=O) groups excluding carboxylic acids is 2. The van der Waals surface area contributed by atoms with Gasteiger partial charge in [-0.1, -0.05) is 30.7 Å². The Morgan fingerprint density at radius 2 is 1.72 bits per heavy atom. The lowest BCUT2D eigenvalue weighted by Crippen LogP contribution is -2.28. The summed E-state index contributed by atoms with van der Waals surface area (Å²) >= 11 is 5.92. The van der Waals surface area contributed by atoms with Gasteiger partial charge in [-0.2, -0.15) is 0 Å². The topological polar surface area (TPSA) is 58.2 Å². The van der Waals surface area contributed by atoms with Crippen LogP contribution in [-0.4, -0.2) is 11.8 Å². The van der Waals surface area contributed by atoms with Gasteiger partial charge in [-0.05, 0) is 61.2 Å². The Morgan fingerprint density at radius 1 is 1.08 bits per heavy atom. The highest BCUT2D eigenvalue weighted by Gasteiger charge is 2.29. The Bertz CT molecular complexity index is 752. The Labute approximate surface area is 152 Å². The van der Waals surface area contributed by atoms with Gasteiger partial charge in [0.15, 0.2) is 0 Å². The minimum absolute atomic E-state index is 0.0611. The molecule has 5 heteroatoms. The van der Waals surface area contributed by atoms with Gasteiger partial charge < -0.3 is 10.6 Å². The van der Waals surface area contributed by atoms with E-state index in [1.54, 1.807) is 24.3 Å². The van der Waals surface area contributed by atoms with E-state index in [2.05, 4.69) is 10.6 Å². The third-order valence-electron chi connectivity index (χ3n) is 4.35. The fourth-order valence-corrected chi connectivity index (χ4v) is 2.78. The number of rotatable bonds is 6. The molecule has 2 aromatic carbocycles. The molecule has 2 aromatic rings. The molecule has 4 nitrogen and oxygen atoms in total. The van der Waals surface area contributed by atoms with E-state index in [4.69, 9.17) is 11.6 Å². The van der Waals surface area contributed by atoms with E-state index in [-0.39, 0.29) is 23.8 Å². The van der Waals surface area contributed by atoms with Crippen LogP contribution in [0.1, 0.15) is 48.1 Å². The summed E-state index contributed by atoms with van der Waals surface area (Å²) in [4.78, 5) is 24.2. The van der Waals surface area contributed by atoms with Crippen molar-refractivity contribution in [1.82, 2.24) is 5.32 Å². The minimum Gasteiger partial charge on any atom is -0.345 e. The second kappa shape index (κ2) is 7.70. The highest BCUT2D eigenvalue weighted by Crippen LogP contribution is 2.30. The second-order valence-electron chi connectivity index (χ2n) is 6.33. The fourth-order valence-electron chi connectivity index (χ4n) is 2.65. The number of anilines is 1. The zero-order valence-corrected chi connectivity index (χ0v) is 14.8. The van der Waals surface area contributed by atoms with Crippen LogP contribution in [0.3, 0.4) is 0 Å². The van der Waals surface area contributed by atoms with Crippen molar-refractivity contribution in [2.75, 3.05) is 5.32 Å². The van der Waals surface area contributed by atoms with E-state index >= 15 is 0 Å². The lowest BCUT2D eigenvalue weighted by molar-refractivity contribution is -0.117. The summed E-state index contributed by atoms with van der Waals surface area (Å²) in [7, 11) is 0.